The fraction of sp³-hybridized carbons (Fsp3) is 0.350. The van der Waals surface area contributed by atoms with Gasteiger partial charge in [-0.1, -0.05) is 37.1 Å². The van der Waals surface area contributed by atoms with Crippen LogP contribution in [-0.4, -0.2) is 68.6 Å². The maximum absolute atomic E-state index is 13.4. The van der Waals surface area contributed by atoms with Gasteiger partial charge >= 0.3 is 0 Å². The minimum absolute atomic E-state index is 0.0138. The zero-order chi connectivity index (χ0) is 38.5. The molecule has 4 aliphatic rings. The van der Waals surface area contributed by atoms with Crippen LogP contribution in [0, 0.1) is 34.3 Å². The molecule has 1 N–H and O–H groups in total. The predicted molar refractivity (Wildman–Crippen MR) is 196 cm³/mol. The number of halogens is 3. The number of aliphatic imine (C=N–C) groups is 2. The van der Waals surface area contributed by atoms with Gasteiger partial charge in [0.25, 0.3) is 11.8 Å². The van der Waals surface area contributed by atoms with E-state index in [9.17, 15) is 28.0 Å². The Balaban J connectivity index is 0.000000193. The molecule has 2 spiro atoms. The van der Waals surface area contributed by atoms with E-state index in [1.165, 1.54) is 9.80 Å². The standard InChI is InChI=1S/C23H20F2N4O2.C17H16ClN3O2/c24-17-10-18(25)12-19(11-17)27-20(30)14-29-22(31)21(16-6-4-15(13-26)5-7-16)28-23(29)8-2-1-3-9-23;18-14(22)11-21-16(23)15(13-6-4-12(10-19)5-7-13)20-17(21)8-2-1-3-9-17/h4-7,10-12H,1-3,8-9,14H2,(H,27,30);4-7H,1-3,8-9,11H2. The third-order valence-corrected chi connectivity index (χ3v) is 10.3. The maximum atomic E-state index is 13.4. The quantitative estimate of drug-likeness (QED) is 0.276. The van der Waals surface area contributed by atoms with E-state index in [1.807, 2.05) is 6.07 Å². The van der Waals surface area contributed by atoms with Crippen LogP contribution in [0.25, 0.3) is 0 Å². The third-order valence-electron chi connectivity index (χ3n) is 10.2. The highest BCUT2D eigenvalue weighted by Crippen LogP contribution is 2.41. The first-order valence-electron chi connectivity index (χ1n) is 17.7. The van der Waals surface area contributed by atoms with Gasteiger partial charge in [0.15, 0.2) is 0 Å². The first-order chi connectivity index (χ1) is 26.0. The van der Waals surface area contributed by atoms with Gasteiger partial charge in [0.05, 0.1) is 29.8 Å². The van der Waals surface area contributed by atoms with Gasteiger partial charge in [-0.25, -0.2) is 8.78 Å². The molecule has 3 amide bonds. The summed E-state index contributed by atoms with van der Waals surface area (Å²) in [5.41, 5.74) is 1.42. The summed E-state index contributed by atoms with van der Waals surface area (Å²) in [5.74, 6) is -2.79. The van der Waals surface area contributed by atoms with Crippen molar-refractivity contribution in [2.24, 2.45) is 9.98 Å². The molecule has 2 heterocycles. The summed E-state index contributed by atoms with van der Waals surface area (Å²) in [6.07, 6.45) is 8.64. The van der Waals surface area contributed by atoms with E-state index in [0.717, 1.165) is 63.5 Å². The van der Waals surface area contributed by atoms with Crippen LogP contribution in [-0.2, 0) is 19.2 Å². The van der Waals surface area contributed by atoms with Crippen LogP contribution in [0.15, 0.2) is 76.7 Å². The van der Waals surface area contributed by atoms with Crippen molar-refractivity contribution in [2.45, 2.75) is 75.5 Å². The van der Waals surface area contributed by atoms with E-state index >= 15 is 0 Å². The molecule has 3 aromatic rings. The summed E-state index contributed by atoms with van der Waals surface area (Å²) in [5, 5.41) is 19.8. The molecule has 2 aliphatic heterocycles. The molecule has 0 bridgehead atoms. The molecular weight excluding hydrogens is 716 g/mol. The monoisotopic (exact) mass is 751 g/mol. The molecule has 11 nitrogen and oxygen atoms in total. The molecule has 0 radical (unpaired) electrons. The number of rotatable bonds is 7. The number of anilines is 1. The molecule has 7 rings (SSSR count). The van der Waals surface area contributed by atoms with Gasteiger partial charge in [-0.2, -0.15) is 10.5 Å². The van der Waals surface area contributed by atoms with Crippen molar-refractivity contribution < 1.29 is 28.0 Å². The van der Waals surface area contributed by atoms with Crippen molar-refractivity contribution in [3.8, 4) is 12.1 Å². The lowest BCUT2D eigenvalue weighted by molar-refractivity contribution is -0.134. The Morgan fingerprint density at radius 3 is 1.48 bits per heavy atom. The van der Waals surface area contributed by atoms with Crippen molar-refractivity contribution in [1.82, 2.24) is 9.80 Å². The number of nitrogens with one attached hydrogen (secondary N) is 1. The lowest BCUT2D eigenvalue weighted by Gasteiger charge is -2.38. The average molecular weight is 752 g/mol. The number of nitriles is 2. The Bertz CT molecular complexity index is 2090. The second-order valence-electron chi connectivity index (χ2n) is 13.7. The van der Waals surface area contributed by atoms with Crippen molar-refractivity contribution in [2.75, 3.05) is 18.4 Å². The third kappa shape index (κ3) is 8.07. The number of nitrogens with zero attached hydrogens (tertiary/aromatic N) is 6. The zero-order valence-corrected chi connectivity index (χ0v) is 30.0. The highest BCUT2D eigenvalue weighted by molar-refractivity contribution is 6.64. The van der Waals surface area contributed by atoms with Crippen LogP contribution in [0.1, 0.15) is 86.5 Å². The predicted octanol–water partition coefficient (Wildman–Crippen LogP) is 6.38. The second kappa shape index (κ2) is 16.1. The largest absolute Gasteiger partial charge is 0.324 e. The number of carbonyl (C=O) groups excluding carboxylic acids is 4. The Hall–Kier alpha value is -5.79. The second-order valence-corrected chi connectivity index (χ2v) is 14.2. The number of hydrogen-bond acceptors (Lipinski definition) is 8. The summed E-state index contributed by atoms with van der Waals surface area (Å²) >= 11 is 5.54. The van der Waals surface area contributed by atoms with Crippen LogP contribution in [0.2, 0.25) is 0 Å². The molecule has 2 saturated carbocycles. The average Bonchev–Trinajstić information content (AvgIpc) is 3.56. The molecule has 54 heavy (non-hydrogen) atoms. The summed E-state index contributed by atoms with van der Waals surface area (Å²) in [7, 11) is 0. The summed E-state index contributed by atoms with van der Waals surface area (Å²) in [6.45, 7) is -0.399. The van der Waals surface area contributed by atoms with E-state index in [1.54, 1.807) is 48.5 Å². The zero-order valence-electron chi connectivity index (χ0n) is 29.3. The first kappa shape index (κ1) is 38.0. The Kier molecular flexibility index (Phi) is 11.3. The van der Waals surface area contributed by atoms with Crippen LogP contribution in [0.5, 0.6) is 0 Å². The Labute approximate surface area is 315 Å². The van der Waals surface area contributed by atoms with Gasteiger partial charge in [-0.3, -0.25) is 29.2 Å². The highest BCUT2D eigenvalue weighted by atomic mass is 35.5. The van der Waals surface area contributed by atoms with Gasteiger partial charge in [0.1, 0.15) is 40.9 Å². The summed E-state index contributed by atoms with van der Waals surface area (Å²) < 4.78 is 26.9. The minimum Gasteiger partial charge on any atom is -0.324 e. The van der Waals surface area contributed by atoms with E-state index in [0.29, 0.717) is 46.9 Å². The molecule has 0 aromatic heterocycles. The van der Waals surface area contributed by atoms with E-state index < -0.39 is 34.1 Å². The summed E-state index contributed by atoms with van der Waals surface area (Å²) in [4.78, 5) is 62.6. The van der Waals surface area contributed by atoms with E-state index in [-0.39, 0.29) is 36.3 Å². The van der Waals surface area contributed by atoms with Crippen molar-refractivity contribution in [1.29, 1.82) is 10.5 Å². The molecule has 276 valence electrons. The van der Waals surface area contributed by atoms with Gasteiger partial charge in [-0.05, 0) is 99.4 Å². The maximum Gasteiger partial charge on any atom is 0.275 e. The molecule has 0 atom stereocenters. The van der Waals surface area contributed by atoms with Crippen molar-refractivity contribution in [3.05, 3.63) is 101 Å². The normalized spacial score (nSPS) is 18.3. The van der Waals surface area contributed by atoms with Crippen molar-refractivity contribution >= 4 is 51.7 Å². The van der Waals surface area contributed by atoms with Gasteiger partial charge < -0.3 is 15.1 Å². The fourth-order valence-electron chi connectivity index (χ4n) is 7.58. The topological polar surface area (TPSA) is 159 Å². The van der Waals surface area contributed by atoms with Gasteiger partial charge in [0.2, 0.25) is 11.1 Å². The van der Waals surface area contributed by atoms with Crippen LogP contribution < -0.4 is 5.32 Å². The molecule has 0 unspecified atom stereocenters. The van der Waals surface area contributed by atoms with E-state index in [4.69, 9.17) is 32.1 Å². The molecule has 3 aromatic carbocycles. The highest BCUT2D eigenvalue weighted by Gasteiger charge is 2.49. The minimum atomic E-state index is -0.803. The molecule has 2 fully saturated rings. The Morgan fingerprint density at radius 2 is 1.09 bits per heavy atom. The molecule has 2 aliphatic carbocycles. The summed E-state index contributed by atoms with van der Waals surface area (Å²) in [6, 6.07) is 20.2. The number of benzene rings is 3. The van der Waals surface area contributed by atoms with Gasteiger partial charge in [0, 0.05) is 22.9 Å². The Morgan fingerprint density at radius 1 is 0.685 bits per heavy atom. The number of amides is 3. The number of carbonyl (C=O) groups is 4. The lowest BCUT2D eigenvalue weighted by Crippen LogP contribution is -2.51. The smallest absolute Gasteiger partial charge is 0.275 e. The first-order valence-corrected chi connectivity index (χ1v) is 18.1. The van der Waals surface area contributed by atoms with Crippen LogP contribution >= 0.6 is 11.6 Å². The van der Waals surface area contributed by atoms with E-state index in [2.05, 4.69) is 11.4 Å². The number of hydrogen-bond donors (Lipinski definition) is 1. The molecule has 14 heteroatoms. The molecule has 0 saturated heterocycles. The lowest BCUT2D eigenvalue weighted by atomic mass is 9.88. The molecular formula is C40H36ClF2N7O4. The van der Waals surface area contributed by atoms with Crippen molar-refractivity contribution in [3.63, 3.8) is 0 Å². The van der Waals surface area contributed by atoms with Crippen LogP contribution in [0.3, 0.4) is 0 Å². The van der Waals surface area contributed by atoms with Gasteiger partial charge in [-0.15, -0.1) is 0 Å². The SMILES string of the molecule is N#Cc1ccc(C2=NC3(CCCCC3)N(CC(=O)Cl)C2=O)cc1.N#Cc1ccc(C2=NC3(CCCCC3)N(CC(=O)Nc3cc(F)cc(F)c3)C2=O)cc1. The van der Waals surface area contributed by atoms with Crippen LogP contribution in [0.4, 0.5) is 14.5 Å². The fourth-order valence-corrected chi connectivity index (χ4v) is 7.70.